The van der Waals surface area contributed by atoms with Gasteiger partial charge in [-0.15, -0.1) is 0 Å². The first kappa shape index (κ1) is 20.9. The van der Waals surface area contributed by atoms with Gasteiger partial charge in [-0.1, -0.05) is 12.1 Å². The van der Waals surface area contributed by atoms with E-state index >= 15 is 0 Å². The first-order chi connectivity index (χ1) is 13.8. The van der Waals surface area contributed by atoms with E-state index in [1.165, 1.54) is 12.1 Å². The number of nitrogens with zero attached hydrogens (tertiary/aromatic N) is 1. The van der Waals surface area contributed by atoms with Gasteiger partial charge in [-0.3, -0.25) is 14.5 Å². The summed E-state index contributed by atoms with van der Waals surface area (Å²) in [5.74, 6) is -0.478. The molecule has 2 aromatic rings. The van der Waals surface area contributed by atoms with Crippen LogP contribution < -0.4 is 10.6 Å². The van der Waals surface area contributed by atoms with Crippen LogP contribution in [-0.4, -0.2) is 42.4 Å². The molecule has 156 valence electrons. The number of piperazine rings is 1. The van der Waals surface area contributed by atoms with Gasteiger partial charge in [0.25, 0.3) is 0 Å². The van der Waals surface area contributed by atoms with Gasteiger partial charge in [-0.25, -0.2) is 0 Å². The summed E-state index contributed by atoms with van der Waals surface area (Å²) in [6.45, 7) is 1.93. The molecule has 1 aliphatic rings. The second kappa shape index (κ2) is 9.13. The Hall–Kier alpha value is -2.81. The Labute approximate surface area is 166 Å². The maximum absolute atomic E-state index is 12.6. The molecule has 0 saturated carbocycles. The molecule has 0 aliphatic carbocycles. The van der Waals surface area contributed by atoms with Gasteiger partial charge in [-0.05, 0) is 30.2 Å². The predicted octanol–water partition coefficient (Wildman–Crippen LogP) is 2.35. The van der Waals surface area contributed by atoms with Gasteiger partial charge >= 0.3 is 6.18 Å². The first-order valence-corrected chi connectivity index (χ1v) is 9.28. The highest BCUT2D eigenvalue weighted by Crippen LogP contribution is 2.29. The summed E-state index contributed by atoms with van der Waals surface area (Å²) in [6, 6.07) is 6.08. The third-order valence-electron chi connectivity index (χ3n) is 4.80. The molecule has 0 bridgehead atoms. The zero-order chi connectivity index (χ0) is 20.9. The van der Waals surface area contributed by atoms with Crippen LogP contribution in [0.2, 0.25) is 0 Å². The molecule has 29 heavy (non-hydrogen) atoms. The van der Waals surface area contributed by atoms with Crippen molar-refractivity contribution in [2.45, 2.75) is 31.6 Å². The Bertz CT molecular complexity index is 820. The second-order valence-corrected chi connectivity index (χ2v) is 6.91. The van der Waals surface area contributed by atoms with E-state index in [0.29, 0.717) is 31.6 Å². The van der Waals surface area contributed by atoms with E-state index in [0.717, 1.165) is 17.7 Å². The van der Waals surface area contributed by atoms with Crippen molar-refractivity contribution in [1.82, 2.24) is 15.5 Å². The van der Waals surface area contributed by atoms with Gasteiger partial charge in [0.15, 0.2) is 0 Å². The largest absolute Gasteiger partial charge is 0.472 e. The van der Waals surface area contributed by atoms with Gasteiger partial charge in [0.05, 0.1) is 30.6 Å². The second-order valence-electron chi connectivity index (χ2n) is 6.91. The summed E-state index contributed by atoms with van der Waals surface area (Å²) < 4.78 is 42.8. The molecular weight excluding hydrogens is 387 g/mol. The molecule has 2 heterocycles. The van der Waals surface area contributed by atoms with Gasteiger partial charge < -0.3 is 15.1 Å². The molecule has 9 heteroatoms. The molecule has 0 spiro atoms. The molecule has 1 aromatic carbocycles. The molecule has 1 unspecified atom stereocenters. The molecule has 3 rings (SSSR count). The fourth-order valence-electron chi connectivity index (χ4n) is 3.24. The number of amides is 2. The van der Waals surface area contributed by atoms with Crippen molar-refractivity contribution in [1.29, 1.82) is 0 Å². The topological polar surface area (TPSA) is 74.6 Å². The molecule has 1 fully saturated rings. The summed E-state index contributed by atoms with van der Waals surface area (Å²) in [5, 5.41) is 5.51. The average Bonchev–Trinajstić information content (AvgIpc) is 3.17. The summed E-state index contributed by atoms with van der Waals surface area (Å²) >= 11 is 0. The lowest BCUT2D eigenvalue weighted by molar-refractivity contribution is -0.137. The number of halogens is 3. The van der Waals surface area contributed by atoms with E-state index < -0.39 is 17.8 Å². The summed E-state index contributed by atoms with van der Waals surface area (Å²) in [5.41, 5.74) is 0.911. The average molecular weight is 409 g/mol. The predicted molar refractivity (Wildman–Crippen MR) is 98.7 cm³/mol. The van der Waals surface area contributed by atoms with Crippen LogP contribution in [-0.2, 0) is 28.7 Å². The zero-order valence-corrected chi connectivity index (χ0v) is 15.7. The van der Waals surface area contributed by atoms with Crippen molar-refractivity contribution in [2.75, 3.05) is 19.6 Å². The molecule has 1 saturated heterocycles. The molecule has 1 aliphatic heterocycles. The van der Waals surface area contributed by atoms with Gasteiger partial charge in [0, 0.05) is 31.7 Å². The normalized spacial score (nSPS) is 17.8. The van der Waals surface area contributed by atoms with Crippen molar-refractivity contribution in [2.24, 2.45) is 0 Å². The minimum Gasteiger partial charge on any atom is -0.472 e. The van der Waals surface area contributed by atoms with Crippen molar-refractivity contribution >= 4 is 11.8 Å². The number of carbonyl (C=O) groups is 2. The van der Waals surface area contributed by atoms with Crippen LogP contribution >= 0.6 is 0 Å². The van der Waals surface area contributed by atoms with Crippen molar-refractivity contribution < 1.29 is 27.2 Å². The minimum atomic E-state index is -4.37. The fourth-order valence-corrected chi connectivity index (χ4v) is 3.24. The standard InChI is InChI=1S/C20H22F3N3O3/c21-20(22,23)16-3-1-14(2-4-16)5-7-24-18(27)11-17-19(28)25-8-9-26(17)12-15-6-10-29-13-15/h1-4,6,10,13,17H,5,7-9,11-12H2,(H,24,27)(H,25,28). The lowest BCUT2D eigenvalue weighted by Gasteiger charge is -2.34. The maximum atomic E-state index is 12.6. The molecule has 1 atom stereocenters. The van der Waals surface area contributed by atoms with Gasteiger partial charge in [0.1, 0.15) is 0 Å². The fraction of sp³-hybridized carbons (Fsp3) is 0.400. The van der Waals surface area contributed by atoms with Crippen LogP contribution in [0, 0.1) is 0 Å². The van der Waals surface area contributed by atoms with E-state index in [1.54, 1.807) is 12.5 Å². The molecule has 2 N–H and O–H groups in total. The Kier molecular flexibility index (Phi) is 6.58. The van der Waals surface area contributed by atoms with Crippen molar-refractivity contribution in [3.05, 3.63) is 59.5 Å². The van der Waals surface area contributed by atoms with Gasteiger partial charge in [-0.2, -0.15) is 13.2 Å². The Morgan fingerprint density at radius 3 is 2.62 bits per heavy atom. The van der Waals surface area contributed by atoms with Crippen LogP contribution in [0.4, 0.5) is 13.2 Å². The third kappa shape index (κ3) is 5.83. The molecule has 0 radical (unpaired) electrons. The van der Waals surface area contributed by atoms with E-state index in [9.17, 15) is 22.8 Å². The Morgan fingerprint density at radius 1 is 1.21 bits per heavy atom. The van der Waals surface area contributed by atoms with Crippen molar-refractivity contribution in [3.63, 3.8) is 0 Å². The monoisotopic (exact) mass is 409 g/mol. The zero-order valence-electron chi connectivity index (χ0n) is 15.7. The number of hydrogen-bond acceptors (Lipinski definition) is 4. The smallest absolute Gasteiger partial charge is 0.416 e. The Morgan fingerprint density at radius 2 is 1.97 bits per heavy atom. The van der Waals surface area contributed by atoms with Crippen LogP contribution in [0.1, 0.15) is 23.1 Å². The van der Waals surface area contributed by atoms with Crippen LogP contribution in [0.5, 0.6) is 0 Å². The van der Waals surface area contributed by atoms with E-state index in [1.807, 2.05) is 11.0 Å². The van der Waals surface area contributed by atoms with Crippen LogP contribution in [0.3, 0.4) is 0 Å². The lowest BCUT2D eigenvalue weighted by Crippen LogP contribution is -2.56. The number of hydrogen-bond donors (Lipinski definition) is 2. The summed E-state index contributed by atoms with van der Waals surface area (Å²) in [4.78, 5) is 26.5. The van der Waals surface area contributed by atoms with E-state index in [2.05, 4.69) is 10.6 Å². The lowest BCUT2D eigenvalue weighted by atomic mass is 10.1. The van der Waals surface area contributed by atoms with Crippen molar-refractivity contribution in [3.8, 4) is 0 Å². The number of benzene rings is 1. The highest BCUT2D eigenvalue weighted by atomic mass is 19.4. The number of furan rings is 1. The highest BCUT2D eigenvalue weighted by molar-refractivity contribution is 5.88. The number of carbonyl (C=O) groups excluding carboxylic acids is 2. The molecule has 2 amide bonds. The first-order valence-electron chi connectivity index (χ1n) is 9.28. The SMILES string of the molecule is O=C(CC1C(=O)NCCN1Cc1ccoc1)NCCc1ccc(C(F)(F)F)cc1. The van der Waals surface area contributed by atoms with E-state index in [4.69, 9.17) is 4.42 Å². The number of alkyl halides is 3. The minimum absolute atomic E-state index is 0.0106. The van der Waals surface area contributed by atoms with E-state index in [-0.39, 0.29) is 24.8 Å². The highest BCUT2D eigenvalue weighted by Gasteiger charge is 2.32. The maximum Gasteiger partial charge on any atom is 0.416 e. The number of nitrogens with one attached hydrogen (secondary N) is 2. The summed E-state index contributed by atoms with van der Waals surface area (Å²) in [6.07, 6.45) is -0.790. The van der Waals surface area contributed by atoms with Crippen LogP contribution in [0.25, 0.3) is 0 Å². The van der Waals surface area contributed by atoms with Crippen LogP contribution in [0.15, 0.2) is 47.3 Å². The summed E-state index contributed by atoms with van der Waals surface area (Å²) in [7, 11) is 0. The molecular formula is C20H22F3N3O3. The van der Waals surface area contributed by atoms with Gasteiger partial charge in [0.2, 0.25) is 11.8 Å². The quantitative estimate of drug-likeness (QED) is 0.736. The molecule has 6 nitrogen and oxygen atoms in total. The molecule has 1 aromatic heterocycles. The number of rotatable bonds is 7. The third-order valence-corrected chi connectivity index (χ3v) is 4.80. The Balaban J connectivity index is 1.49.